The van der Waals surface area contributed by atoms with Gasteiger partial charge in [-0.25, -0.2) is 0 Å². The third-order valence-corrected chi connectivity index (χ3v) is 3.72. The van der Waals surface area contributed by atoms with E-state index in [4.69, 9.17) is 33.3 Å². The summed E-state index contributed by atoms with van der Waals surface area (Å²) in [6.07, 6.45) is 1.64. The number of benzene rings is 2. The summed E-state index contributed by atoms with van der Waals surface area (Å²) in [4.78, 5) is 0. The molecule has 132 valence electrons. The number of halogens is 1. The topological polar surface area (TPSA) is 54.9 Å². The zero-order valence-corrected chi connectivity index (χ0v) is 15.7. The molecule has 2 aromatic rings. The number of hydrazone groups is 1. The Morgan fingerprint density at radius 3 is 2.68 bits per heavy atom. The van der Waals surface area contributed by atoms with Gasteiger partial charge in [0.1, 0.15) is 6.61 Å². The van der Waals surface area contributed by atoms with Crippen molar-refractivity contribution in [2.24, 2.45) is 5.10 Å². The summed E-state index contributed by atoms with van der Waals surface area (Å²) in [7, 11) is 1.60. The van der Waals surface area contributed by atoms with E-state index in [0.29, 0.717) is 28.2 Å². The smallest absolute Gasteiger partial charge is 0.186 e. The highest BCUT2D eigenvalue weighted by Gasteiger charge is 2.09. The predicted molar refractivity (Wildman–Crippen MR) is 106 cm³/mol. The molecular formula is C18H20ClN3O2S. The number of nitrogens with one attached hydrogen (secondary N) is 2. The Bertz CT molecular complexity index is 736. The lowest BCUT2D eigenvalue weighted by Gasteiger charge is -2.13. The Morgan fingerprint density at radius 1 is 1.24 bits per heavy atom. The van der Waals surface area contributed by atoms with Gasteiger partial charge < -0.3 is 14.8 Å². The molecule has 0 spiro atoms. The lowest BCUT2D eigenvalue weighted by Crippen LogP contribution is -2.31. The molecule has 0 heterocycles. The molecule has 2 aromatic carbocycles. The standard InChI is InChI=1S/C18H20ClN3O2S/c1-3-20-18(25)22-21-11-14-5-4-6-16(23-2)17(14)24-12-13-7-9-15(19)10-8-13/h4-11H,3,12H2,1-2H3,(H2,20,22,25). The molecule has 25 heavy (non-hydrogen) atoms. The molecule has 0 aromatic heterocycles. The Labute approximate surface area is 158 Å². The van der Waals surface area contributed by atoms with Crippen LogP contribution in [-0.2, 0) is 6.61 Å². The van der Waals surface area contributed by atoms with Crippen molar-refractivity contribution in [2.75, 3.05) is 13.7 Å². The SMILES string of the molecule is CCNC(=S)NN=Cc1cccc(OC)c1OCc1ccc(Cl)cc1. The molecule has 7 heteroatoms. The van der Waals surface area contributed by atoms with Crippen molar-refractivity contribution in [2.45, 2.75) is 13.5 Å². The van der Waals surface area contributed by atoms with E-state index in [1.807, 2.05) is 49.4 Å². The van der Waals surface area contributed by atoms with Crippen LogP contribution in [0.3, 0.4) is 0 Å². The van der Waals surface area contributed by atoms with Crippen molar-refractivity contribution in [3.8, 4) is 11.5 Å². The van der Waals surface area contributed by atoms with Gasteiger partial charge in [0.2, 0.25) is 0 Å². The molecule has 0 radical (unpaired) electrons. The molecule has 0 saturated carbocycles. The third kappa shape index (κ3) is 5.92. The van der Waals surface area contributed by atoms with Crippen molar-refractivity contribution < 1.29 is 9.47 Å². The summed E-state index contributed by atoms with van der Waals surface area (Å²) < 4.78 is 11.3. The van der Waals surface area contributed by atoms with E-state index in [1.54, 1.807) is 13.3 Å². The van der Waals surface area contributed by atoms with Gasteiger partial charge in [-0.3, -0.25) is 5.43 Å². The number of para-hydroxylation sites is 1. The molecule has 0 aliphatic rings. The number of rotatable bonds is 7. The summed E-state index contributed by atoms with van der Waals surface area (Å²) >= 11 is 11.0. The van der Waals surface area contributed by atoms with Gasteiger partial charge >= 0.3 is 0 Å². The average molecular weight is 378 g/mol. The molecule has 0 unspecified atom stereocenters. The first-order chi connectivity index (χ1) is 12.1. The van der Waals surface area contributed by atoms with Gasteiger partial charge in [0, 0.05) is 17.1 Å². The predicted octanol–water partition coefficient (Wildman–Crippen LogP) is 3.75. The molecule has 0 saturated heterocycles. The first kappa shape index (κ1) is 19.0. The second-order valence-corrected chi connectivity index (χ2v) is 5.87. The second-order valence-electron chi connectivity index (χ2n) is 5.02. The van der Waals surface area contributed by atoms with E-state index in [9.17, 15) is 0 Å². The van der Waals surface area contributed by atoms with Gasteiger partial charge in [-0.15, -0.1) is 0 Å². The van der Waals surface area contributed by atoms with Crippen molar-refractivity contribution in [3.05, 3.63) is 58.6 Å². The van der Waals surface area contributed by atoms with Crippen LogP contribution >= 0.6 is 23.8 Å². The molecule has 2 rings (SSSR count). The van der Waals surface area contributed by atoms with E-state index < -0.39 is 0 Å². The number of hydrogen-bond donors (Lipinski definition) is 2. The average Bonchev–Trinajstić information content (AvgIpc) is 2.62. The fourth-order valence-corrected chi connectivity index (χ4v) is 2.37. The van der Waals surface area contributed by atoms with Crippen LogP contribution in [0.1, 0.15) is 18.1 Å². The molecule has 2 N–H and O–H groups in total. The third-order valence-electron chi connectivity index (χ3n) is 3.23. The highest BCUT2D eigenvalue weighted by Crippen LogP contribution is 2.30. The number of ether oxygens (including phenoxy) is 2. The Kier molecular flexibility index (Phi) is 7.50. The van der Waals surface area contributed by atoms with Gasteiger partial charge in [-0.05, 0) is 49.0 Å². The highest BCUT2D eigenvalue weighted by molar-refractivity contribution is 7.80. The van der Waals surface area contributed by atoms with Crippen LogP contribution in [-0.4, -0.2) is 25.0 Å². The van der Waals surface area contributed by atoms with E-state index in [0.717, 1.165) is 17.7 Å². The maximum atomic E-state index is 5.95. The summed E-state index contributed by atoms with van der Waals surface area (Å²) in [5.41, 5.74) is 4.54. The van der Waals surface area contributed by atoms with Crippen LogP contribution < -0.4 is 20.2 Å². The van der Waals surface area contributed by atoms with Gasteiger partial charge in [0.15, 0.2) is 16.6 Å². The van der Waals surface area contributed by atoms with Crippen LogP contribution in [0.2, 0.25) is 5.02 Å². The molecular weight excluding hydrogens is 358 g/mol. The molecule has 0 aliphatic carbocycles. The van der Waals surface area contributed by atoms with Gasteiger partial charge in [0.25, 0.3) is 0 Å². The zero-order valence-electron chi connectivity index (χ0n) is 14.1. The molecule has 0 atom stereocenters. The Hall–Kier alpha value is -2.31. The first-order valence-electron chi connectivity index (χ1n) is 7.75. The first-order valence-corrected chi connectivity index (χ1v) is 8.53. The Morgan fingerprint density at radius 2 is 2.00 bits per heavy atom. The molecule has 0 fully saturated rings. The molecule has 0 bridgehead atoms. The Balaban J connectivity index is 2.13. The minimum absolute atomic E-state index is 0.390. The summed E-state index contributed by atoms with van der Waals surface area (Å²) in [5.74, 6) is 1.24. The fourth-order valence-electron chi connectivity index (χ4n) is 2.05. The largest absolute Gasteiger partial charge is 0.493 e. The van der Waals surface area contributed by atoms with Crippen LogP contribution in [0.15, 0.2) is 47.6 Å². The van der Waals surface area contributed by atoms with Crippen LogP contribution in [0.4, 0.5) is 0 Å². The van der Waals surface area contributed by atoms with Gasteiger partial charge in [-0.2, -0.15) is 5.10 Å². The minimum Gasteiger partial charge on any atom is -0.493 e. The molecule has 0 aliphatic heterocycles. The van der Waals surface area contributed by atoms with Crippen molar-refractivity contribution in [3.63, 3.8) is 0 Å². The second kappa shape index (κ2) is 9.86. The van der Waals surface area contributed by atoms with E-state index in [-0.39, 0.29) is 0 Å². The number of hydrogen-bond acceptors (Lipinski definition) is 4. The number of nitrogens with zero attached hydrogens (tertiary/aromatic N) is 1. The van der Waals surface area contributed by atoms with Gasteiger partial charge in [0.05, 0.1) is 13.3 Å². The summed E-state index contributed by atoms with van der Waals surface area (Å²) in [6, 6.07) is 13.1. The lowest BCUT2D eigenvalue weighted by atomic mass is 10.2. The van der Waals surface area contributed by atoms with Crippen LogP contribution in [0, 0.1) is 0 Å². The quantitative estimate of drug-likeness (QED) is 0.437. The minimum atomic E-state index is 0.390. The maximum absolute atomic E-state index is 5.95. The summed E-state index contributed by atoms with van der Waals surface area (Å²) in [5, 5.41) is 8.25. The zero-order chi connectivity index (χ0) is 18.1. The van der Waals surface area contributed by atoms with E-state index >= 15 is 0 Å². The lowest BCUT2D eigenvalue weighted by molar-refractivity contribution is 0.284. The van der Waals surface area contributed by atoms with Crippen molar-refractivity contribution in [1.29, 1.82) is 0 Å². The van der Waals surface area contributed by atoms with E-state index in [1.165, 1.54) is 0 Å². The van der Waals surface area contributed by atoms with Gasteiger partial charge in [-0.1, -0.05) is 29.8 Å². The van der Waals surface area contributed by atoms with Crippen molar-refractivity contribution >= 4 is 35.1 Å². The molecule has 0 amide bonds. The van der Waals surface area contributed by atoms with E-state index in [2.05, 4.69) is 15.8 Å². The normalized spacial score (nSPS) is 10.5. The van der Waals surface area contributed by atoms with Crippen LogP contribution in [0.25, 0.3) is 0 Å². The molecule has 5 nitrogen and oxygen atoms in total. The van der Waals surface area contributed by atoms with Crippen LogP contribution in [0.5, 0.6) is 11.5 Å². The monoisotopic (exact) mass is 377 g/mol. The number of methoxy groups -OCH3 is 1. The summed E-state index contributed by atoms with van der Waals surface area (Å²) in [6.45, 7) is 3.08. The highest BCUT2D eigenvalue weighted by atomic mass is 35.5. The van der Waals surface area contributed by atoms with Crippen molar-refractivity contribution in [1.82, 2.24) is 10.7 Å². The number of thiocarbonyl (C=S) groups is 1. The fraction of sp³-hybridized carbons (Fsp3) is 0.222. The maximum Gasteiger partial charge on any atom is 0.186 e.